The average Bonchev–Trinajstić information content (AvgIpc) is 3.25. The number of hydrogen-bond donors (Lipinski definition) is 2. The molecule has 4 aliphatic carbocycles. The molecule has 6 heteroatoms. The van der Waals surface area contributed by atoms with E-state index in [4.69, 9.17) is 16.6 Å². The summed E-state index contributed by atoms with van der Waals surface area (Å²) in [6, 6.07) is 8.33. The number of aromatic nitrogens is 2. The van der Waals surface area contributed by atoms with Gasteiger partial charge in [-0.25, -0.2) is 9.97 Å². The van der Waals surface area contributed by atoms with Gasteiger partial charge in [-0.15, -0.1) is 0 Å². The molecule has 0 aliphatic heterocycles. The summed E-state index contributed by atoms with van der Waals surface area (Å²) in [5, 5.41) is 13.4. The molecule has 0 spiro atoms. The number of halogens is 1. The van der Waals surface area contributed by atoms with Gasteiger partial charge in [-0.05, 0) is 123 Å². The molecule has 0 saturated heterocycles. The lowest BCUT2D eigenvalue weighted by atomic mass is 9.44. The SMILES string of the molecule is C[C@H](CCC(=O)O)C1CC[C@H]2[C@@H]3CC[C@@H]4CC(Nc5nc6ccccc6nc5Cl)CC[C@]4(C)[C@H]3CC[C@]12C. The van der Waals surface area contributed by atoms with Crippen LogP contribution in [-0.2, 0) is 4.79 Å². The molecule has 4 saturated carbocycles. The topological polar surface area (TPSA) is 75.1 Å². The summed E-state index contributed by atoms with van der Waals surface area (Å²) < 4.78 is 0. The molecular formula is C32H44ClN3O2. The fourth-order valence-corrected chi connectivity index (χ4v) is 10.4. The van der Waals surface area contributed by atoms with Crippen molar-refractivity contribution < 1.29 is 9.90 Å². The first-order valence-electron chi connectivity index (χ1n) is 15.1. The van der Waals surface area contributed by atoms with Gasteiger partial charge >= 0.3 is 5.97 Å². The highest BCUT2D eigenvalue weighted by molar-refractivity contribution is 6.32. The first kappa shape index (κ1) is 26.3. The summed E-state index contributed by atoms with van der Waals surface area (Å²) in [5.74, 6) is 4.52. The number of fused-ring (bicyclic) bond motifs is 6. The third-order valence-corrected chi connectivity index (χ3v) is 12.4. The molecule has 1 heterocycles. The first-order valence-corrected chi connectivity index (χ1v) is 15.5. The van der Waals surface area contributed by atoms with Gasteiger partial charge in [0.2, 0.25) is 0 Å². The van der Waals surface area contributed by atoms with Gasteiger partial charge in [-0.3, -0.25) is 4.79 Å². The molecule has 1 aromatic heterocycles. The summed E-state index contributed by atoms with van der Waals surface area (Å²) in [6.07, 6.45) is 12.8. The minimum absolute atomic E-state index is 0.315. The van der Waals surface area contributed by atoms with Crippen molar-refractivity contribution in [2.45, 2.75) is 97.4 Å². The van der Waals surface area contributed by atoms with Crippen molar-refractivity contribution in [1.29, 1.82) is 0 Å². The second-order valence-electron chi connectivity index (χ2n) is 13.8. The van der Waals surface area contributed by atoms with Crippen LogP contribution in [0.2, 0.25) is 5.15 Å². The number of carboxylic acids is 1. The van der Waals surface area contributed by atoms with Crippen LogP contribution in [0.5, 0.6) is 0 Å². The van der Waals surface area contributed by atoms with Crippen molar-refractivity contribution in [1.82, 2.24) is 9.97 Å². The van der Waals surface area contributed by atoms with E-state index >= 15 is 0 Å². The zero-order valence-corrected chi connectivity index (χ0v) is 24.0. The maximum Gasteiger partial charge on any atom is 0.303 e. The molecule has 0 bridgehead atoms. The molecule has 4 aliphatic rings. The molecule has 1 aromatic carbocycles. The highest BCUT2D eigenvalue weighted by Crippen LogP contribution is 2.68. The van der Waals surface area contributed by atoms with Gasteiger partial charge < -0.3 is 10.4 Å². The quantitative estimate of drug-likeness (QED) is 0.388. The molecule has 2 aromatic rings. The Bertz CT molecular complexity index is 1200. The predicted octanol–water partition coefficient (Wildman–Crippen LogP) is 8.22. The van der Waals surface area contributed by atoms with Gasteiger partial charge in [-0.1, -0.05) is 44.5 Å². The van der Waals surface area contributed by atoms with Crippen molar-refractivity contribution in [3.05, 3.63) is 29.4 Å². The van der Waals surface area contributed by atoms with Gasteiger partial charge in [0.1, 0.15) is 0 Å². The Morgan fingerprint density at radius 2 is 1.74 bits per heavy atom. The van der Waals surface area contributed by atoms with Crippen molar-refractivity contribution in [2.24, 2.45) is 46.3 Å². The Labute approximate surface area is 232 Å². The molecule has 9 atom stereocenters. The average molecular weight is 538 g/mol. The number of aliphatic carboxylic acids is 1. The van der Waals surface area contributed by atoms with Crippen LogP contribution in [0, 0.1) is 46.3 Å². The number of nitrogens with one attached hydrogen (secondary N) is 1. The fourth-order valence-electron chi connectivity index (χ4n) is 10.2. The molecule has 4 fully saturated rings. The molecule has 6 rings (SSSR count). The van der Waals surface area contributed by atoms with E-state index in [1.165, 1.54) is 51.4 Å². The Kier molecular flexibility index (Phi) is 6.90. The van der Waals surface area contributed by atoms with Crippen LogP contribution in [0.4, 0.5) is 5.82 Å². The number of rotatable bonds is 6. The Morgan fingerprint density at radius 3 is 2.50 bits per heavy atom. The van der Waals surface area contributed by atoms with E-state index in [1.54, 1.807) is 0 Å². The molecule has 38 heavy (non-hydrogen) atoms. The molecule has 2 unspecified atom stereocenters. The van der Waals surface area contributed by atoms with Crippen LogP contribution in [0.1, 0.15) is 91.4 Å². The lowest BCUT2D eigenvalue weighted by Crippen LogP contribution is -2.54. The van der Waals surface area contributed by atoms with Crippen molar-refractivity contribution in [3.8, 4) is 0 Å². The number of carbonyl (C=O) groups is 1. The largest absolute Gasteiger partial charge is 0.481 e. The number of nitrogens with zero attached hydrogens (tertiary/aromatic N) is 2. The van der Waals surface area contributed by atoms with Crippen LogP contribution in [0.15, 0.2) is 24.3 Å². The second kappa shape index (κ2) is 9.94. The van der Waals surface area contributed by atoms with Crippen molar-refractivity contribution >= 4 is 34.4 Å². The lowest BCUT2D eigenvalue weighted by molar-refractivity contribution is -0.137. The minimum atomic E-state index is -0.647. The standard InChI is InChI=1S/C32H44ClN3O2/c1-19(8-13-28(37)38)23-11-12-24-22-10-9-20-18-21(14-16-31(20,2)25(22)15-17-32(23,24)3)34-30-29(33)35-26-6-4-5-7-27(26)36-30/h4-7,19-25H,8-18H2,1-3H3,(H,34,36)(H,37,38)/t19-,20-,21?,22+,23?,24+,25+,31+,32-/m1/s1. The molecular weight excluding hydrogens is 494 g/mol. The minimum Gasteiger partial charge on any atom is -0.481 e. The van der Waals surface area contributed by atoms with Gasteiger partial charge in [-0.2, -0.15) is 0 Å². The summed E-state index contributed by atoms with van der Waals surface area (Å²) in [4.78, 5) is 20.6. The normalized spacial score (nSPS) is 39.2. The number of carboxylic acid groups (broad SMARTS) is 1. The molecule has 2 N–H and O–H groups in total. The van der Waals surface area contributed by atoms with E-state index in [0.717, 1.165) is 53.4 Å². The van der Waals surface area contributed by atoms with E-state index in [9.17, 15) is 9.90 Å². The van der Waals surface area contributed by atoms with Crippen LogP contribution in [0.3, 0.4) is 0 Å². The van der Waals surface area contributed by atoms with Crippen LogP contribution >= 0.6 is 11.6 Å². The second-order valence-corrected chi connectivity index (χ2v) is 14.1. The molecule has 0 radical (unpaired) electrons. The zero-order chi connectivity index (χ0) is 26.7. The Morgan fingerprint density at radius 1 is 1.03 bits per heavy atom. The van der Waals surface area contributed by atoms with Crippen LogP contribution in [-0.4, -0.2) is 27.1 Å². The van der Waals surface area contributed by atoms with Gasteiger partial charge in [0.15, 0.2) is 11.0 Å². The van der Waals surface area contributed by atoms with E-state index in [2.05, 4.69) is 31.1 Å². The molecule has 5 nitrogen and oxygen atoms in total. The highest BCUT2D eigenvalue weighted by Gasteiger charge is 2.60. The third kappa shape index (κ3) is 4.41. The van der Waals surface area contributed by atoms with Gasteiger partial charge in [0.25, 0.3) is 0 Å². The number of anilines is 1. The monoisotopic (exact) mass is 537 g/mol. The smallest absolute Gasteiger partial charge is 0.303 e. The molecule has 0 amide bonds. The predicted molar refractivity (Wildman–Crippen MR) is 153 cm³/mol. The van der Waals surface area contributed by atoms with E-state index in [0.29, 0.717) is 40.3 Å². The van der Waals surface area contributed by atoms with Gasteiger partial charge in [0.05, 0.1) is 11.0 Å². The van der Waals surface area contributed by atoms with Crippen LogP contribution < -0.4 is 5.32 Å². The molecule has 206 valence electrons. The summed E-state index contributed by atoms with van der Waals surface area (Å²) >= 11 is 6.55. The summed E-state index contributed by atoms with van der Waals surface area (Å²) in [7, 11) is 0. The first-order chi connectivity index (χ1) is 18.2. The number of hydrogen-bond acceptors (Lipinski definition) is 4. The lowest BCUT2D eigenvalue weighted by Gasteiger charge is -2.61. The number of benzene rings is 1. The van der Waals surface area contributed by atoms with E-state index < -0.39 is 5.97 Å². The van der Waals surface area contributed by atoms with Crippen molar-refractivity contribution in [3.63, 3.8) is 0 Å². The Hall–Kier alpha value is -1.88. The maximum absolute atomic E-state index is 11.2. The van der Waals surface area contributed by atoms with Crippen LogP contribution in [0.25, 0.3) is 11.0 Å². The fraction of sp³-hybridized carbons (Fsp3) is 0.719. The summed E-state index contributed by atoms with van der Waals surface area (Å²) in [5.41, 5.74) is 2.55. The van der Waals surface area contributed by atoms with E-state index in [-0.39, 0.29) is 0 Å². The van der Waals surface area contributed by atoms with E-state index in [1.807, 2.05) is 24.3 Å². The Balaban J connectivity index is 1.14. The summed E-state index contributed by atoms with van der Waals surface area (Å²) in [6.45, 7) is 7.52. The zero-order valence-electron chi connectivity index (χ0n) is 23.3. The number of para-hydroxylation sites is 2. The maximum atomic E-state index is 11.2. The van der Waals surface area contributed by atoms with Crippen molar-refractivity contribution in [2.75, 3.05) is 5.32 Å². The van der Waals surface area contributed by atoms with Gasteiger partial charge in [0, 0.05) is 12.5 Å². The highest BCUT2D eigenvalue weighted by atomic mass is 35.5. The third-order valence-electron chi connectivity index (χ3n) is 12.1.